The molecule has 1 saturated heterocycles. The molecule has 64 valence electrons. The molecule has 5 nitrogen and oxygen atoms in total. The minimum Gasteiger partial charge on any atom is -0.465 e. The van der Waals surface area contributed by atoms with Crippen LogP contribution in [0.1, 0.15) is 0 Å². The second-order valence-electron chi connectivity index (χ2n) is 2.54. The van der Waals surface area contributed by atoms with E-state index in [-0.39, 0.29) is 18.6 Å². The molecule has 0 unspecified atom stereocenters. The topological polar surface area (TPSA) is 78.8 Å². The maximum atomic E-state index is 10.2. The van der Waals surface area contributed by atoms with Gasteiger partial charge in [0.2, 0.25) is 0 Å². The largest absolute Gasteiger partial charge is 0.465 e. The molecule has 0 radical (unpaired) electrons. The third kappa shape index (κ3) is 2.06. The summed E-state index contributed by atoms with van der Waals surface area (Å²) in [7, 11) is 0. The molecule has 0 bridgehead atoms. The van der Waals surface area contributed by atoms with E-state index >= 15 is 0 Å². The van der Waals surface area contributed by atoms with Gasteiger partial charge >= 0.3 is 6.09 Å². The number of ether oxygens (including phenoxy) is 1. The molecular weight excluding hydrogens is 150 g/mol. The Morgan fingerprint density at radius 2 is 2.36 bits per heavy atom. The van der Waals surface area contributed by atoms with Crippen molar-refractivity contribution >= 4 is 6.09 Å². The molecule has 0 aromatic heterocycles. The Kier molecular flexibility index (Phi) is 2.67. The normalized spacial score (nSPS) is 30.3. The average molecular weight is 161 g/mol. The Morgan fingerprint density at radius 3 is 2.91 bits per heavy atom. The van der Waals surface area contributed by atoms with Crippen LogP contribution in [0.3, 0.4) is 0 Å². The number of carboxylic acid groups (broad SMARTS) is 1. The first-order valence-corrected chi connectivity index (χ1v) is 3.42. The number of hydrogen-bond acceptors (Lipinski definition) is 3. The van der Waals surface area contributed by atoms with E-state index in [4.69, 9.17) is 14.9 Å². The summed E-state index contributed by atoms with van der Waals surface area (Å²) in [6.07, 6.45) is -1.07. The first-order chi connectivity index (χ1) is 5.24. The monoisotopic (exact) mass is 161 g/mol. The zero-order valence-corrected chi connectivity index (χ0v) is 5.99. The number of nitrogens with one attached hydrogen (secondary N) is 1. The van der Waals surface area contributed by atoms with E-state index in [0.29, 0.717) is 13.2 Å². The highest BCUT2D eigenvalue weighted by molar-refractivity contribution is 5.64. The van der Waals surface area contributed by atoms with Crippen LogP contribution in [-0.4, -0.2) is 42.2 Å². The summed E-state index contributed by atoms with van der Waals surface area (Å²) >= 11 is 0. The molecule has 2 atom stereocenters. The van der Waals surface area contributed by atoms with Gasteiger partial charge in [-0.05, 0) is 0 Å². The van der Waals surface area contributed by atoms with Crippen molar-refractivity contribution in [3.8, 4) is 0 Å². The first kappa shape index (κ1) is 8.29. The highest BCUT2D eigenvalue weighted by atomic mass is 16.5. The molecule has 1 aliphatic rings. The van der Waals surface area contributed by atoms with Gasteiger partial charge in [0.15, 0.2) is 0 Å². The lowest BCUT2D eigenvalue weighted by Gasteiger charge is -2.13. The predicted molar refractivity (Wildman–Crippen MR) is 36.3 cm³/mol. The van der Waals surface area contributed by atoms with Crippen LogP contribution in [0, 0.1) is 5.92 Å². The Morgan fingerprint density at radius 1 is 1.64 bits per heavy atom. The van der Waals surface area contributed by atoms with Crippen LogP contribution < -0.4 is 5.32 Å². The third-order valence-electron chi connectivity index (χ3n) is 1.74. The minimum atomic E-state index is -1.07. The zero-order chi connectivity index (χ0) is 8.27. The number of carbonyl (C=O) groups is 1. The van der Waals surface area contributed by atoms with E-state index in [1.54, 1.807) is 0 Å². The summed E-state index contributed by atoms with van der Waals surface area (Å²) in [6.45, 7) is 0.754. The van der Waals surface area contributed by atoms with Gasteiger partial charge in [0.05, 0.1) is 25.9 Å². The molecule has 0 aromatic carbocycles. The Bertz CT molecular complexity index is 150. The van der Waals surface area contributed by atoms with Gasteiger partial charge in [-0.15, -0.1) is 0 Å². The fourth-order valence-electron chi connectivity index (χ4n) is 1.10. The predicted octanol–water partition coefficient (Wildman–Crippen LogP) is -0.739. The lowest BCUT2D eigenvalue weighted by atomic mass is 10.1. The van der Waals surface area contributed by atoms with Crippen LogP contribution in [0.2, 0.25) is 0 Å². The van der Waals surface area contributed by atoms with Crippen molar-refractivity contribution in [2.45, 2.75) is 6.04 Å². The standard InChI is InChI=1S/C6H11NO4/c8-1-4-2-11-3-5(4)7-6(9)10/h4-5,7-8H,1-3H2,(H,9,10)/t4-,5-/m1/s1. The fourth-order valence-corrected chi connectivity index (χ4v) is 1.10. The summed E-state index contributed by atoms with van der Waals surface area (Å²) in [5.74, 6) is -0.0916. The van der Waals surface area contributed by atoms with Crippen molar-refractivity contribution in [3.63, 3.8) is 0 Å². The van der Waals surface area contributed by atoms with Crippen molar-refractivity contribution in [3.05, 3.63) is 0 Å². The Labute approximate surface area is 64.0 Å². The van der Waals surface area contributed by atoms with Gasteiger partial charge in [-0.3, -0.25) is 0 Å². The molecule has 1 aliphatic heterocycles. The van der Waals surface area contributed by atoms with Crippen molar-refractivity contribution in [1.82, 2.24) is 5.32 Å². The SMILES string of the molecule is O=C(O)N[C@@H]1COC[C@H]1CO. The van der Waals surface area contributed by atoms with Gasteiger partial charge in [0.25, 0.3) is 0 Å². The summed E-state index contributed by atoms with van der Waals surface area (Å²) in [4.78, 5) is 10.2. The number of aliphatic hydroxyl groups is 1. The molecule has 0 aliphatic carbocycles. The number of rotatable bonds is 2. The third-order valence-corrected chi connectivity index (χ3v) is 1.74. The fraction of sp³-hybridized carbons (Fsp3) is 0.833. The molecule has 1 heterocycles. The van der Waals surface area contributed by atoms with E-state index in [1.807, 2.05) is 0 Å². The van der Waals surface area contributed by atoms with E-state index in [1.165, 1.54) is 0 Å². The molecule has 5 heteroatoms. The Balaban J connectivity index is 2.37. The lowest BCUT2D eigenvalue weighted by Crippen LogP contribution is -2.40. The first-order valence-electron chi connectivity index (χ1n) is 3.42. The quantitative estimate of drug-likeness (QED) is 0.498. The van der Waals surface area contributed by atoms with Crippen LogP contribution >= 0.6 is 0 Å². The molecular formula is C6H11NO4. The van der Waals surface area contributed by atoms with Crippen molar-refractivity contribution in [2.75, 3.05) is 19.8 Å². The van der Waals surface area contributed by atoms with Gasteiger partial charge < -0.3 is 20.3 Å². The van der Waals surface area contributed by atoms with E-state index < -0.39 is 6.09 Å². The van der Waals surface area contributed by atoms with E-state index in [0.717, 1.165) is 0 Å². The Hall–Kier alpha value is -0.810. The molecule has 1 fully saturated rings. The smallest absolute Gasteiger partial charge is 0.404 e. The second-order valence-corrected chi connectivity index (χ2v) is 2.54. The molecule has 1 rings (SSSR count). The zero-order valence-electron chi connectivity index (χ0n) is 5.99. The molecule has 0 aromatic rings. The van der Waals surface area contributed by atoms with Crippen LogP contribution in [0.15, 0.2) is 0 Å². The summed E-state index contributed by atoms with van der Waals surface area (Å²) < 4.78 is 4.98. The minimum absolute atomic E-state index is 0.0368. The maximum Gasteiger partial charge on any atom is 0.404 e. The van der Waals surface area contributed by atoms with Crippen molar-refractivity contribution < 1.29 is 19.7 Å². The van der Waals surface area contributed by atoms with Crippen molar-refractivity contribution in [2.24, 2.45) is 5.92 Å². The summed E-state index contributed by atoms with van der Waals surface area (Å²) in [5, 5.41) is 19.3. The van der Waals surface area contributed by atoms with E-state index in [2.05, 4.69) is 5.32 Å². The number of aliphatic hydroxyl groups excluding tert-OH is 1. The lowest BCUT2D eigenvalue weighted by molar-refractivity contribution is 0.160. The van der Waals surface area contributed by atoms with Gasteiger partial charge in [0, 0.05) is 5.92 Å². The highest BCUT2D eigenvalue weighted by Gasteiger charge is 2.28. The van der Waals surface area contributed by atoms with Gasteiger partial charge in [-0.2, -0.15) is 0 Å². The summed E-state index contributed by atoms with van der Waals surface area (Å²) in [6, 6.07) is -0.252. The summed E-state index contributed by atoms with van der Waals surface area (Å²) in [5.41, 5.74) is 0. The van der Waals surface area contributed by atoms with Crippen LogP contribution in [0.5, 0.6) is 0 Å². The average Bonchev–Trinajstić information content (AvgIpc) is 2.34. The maximum absolute atomic E-state index is 10.2. The van der Waals surface area contributed by atoms with Crippen LogP contribution in [-0.2, 0) is 4.74 Å². The van der Waals surface area contributed by atoms with Gasteiger partial charge in [-0.1, -0.05) is 0 Å². The van der Waals surface area contributed by atoms with Crippen LogP contribution in [0.4, 0.5) is 4.79 Å². The van der Waals surface area contributed by atoms with Crippen molar-refractivity contribution in [1.29, 1.82) is 0 Å². The molecule has 1 amide bonds. The molecule has 11 heavy (non-hydrogen) atoms. The van der Waals surface area contributed by atoms with Gasteiger partial charge in [0.1, 0.15) is 0 Å². The van der Waals surface area contributed by atoms with Crippen LogP contribution in [0.25, 0.3) is 0 Å². The number of amides is 1. The van der Waals surface area contributed by atoms with Gasteiger partial charge in [-0.25, -0.2) is 4.79 Å². The van der Waals surface area contributed by atoms with E-state index in [9.17, 15) is 4.79 Å². The molecule has 3 N–H and O–H groups in total. The molecule has 0 saturated carbocycles. The number of hydrogen-bond donors (Lipinski definition) is 3. The second kappa shape index (κ2) is 3.54. The molecule has 0 spiro atoms. The highest BCUT2D eigenvalue weighted by Crippen LogP contribution is 2.12.